The van der Waals surface area contributed by atoms with Gasteiger partial charge in [0.05, 0.1) is 16.8 Å². The van der Waals surface area contributed by atoms with Gasteiger partial charge < -0.3 is 4.98 Å². The molecule has 3 N–H and O–H groups in total. The van der Waals surface area contributed by atoms with E-state index in [1.165, 1.54) is 11.8 Å². The van der Waals surface area contributed by atoms with Crippen LogP contribution < -0.4 is 10.9 Å². The number of hydrogen-bond acceptors (Lipinski definition) is 4. The summed E-state index contributed by atoms with van der Waals surface area (Å²) in [5.41, 5.74) is 8.13. The lowest BCUT2D eigenvalue weighted by atomic mass is 10.1. The second-order valence-corrected chi connectivity index (χ2v) is 6.18. The minimum atomic E-state index is -0.350. The minimum Gasteiger partial charge on any atom is -0.333 e. The van der Waals surface area contributed by atoms with E-state index in [1.807, 2.05) is 43.3 Å². The first-order valence-corrected chi connectivity index (χ1v) is 8.34. The van der Waals surface area contributed by atoms with E-state index < -0.39 is 0 Å². The SMILES string of the molecule is Cc1ccc(C(=O)NNC(=O)CSc2nc3ccccc3[nH]2)cc1. The first kappa shape index (κ1) is 16.1. The quantitative estimate of drug-likeness (QED) is 0.503. The number of H-pyrrole nitrogens is 1. The van der Waals surface area contributed by atoms with Crippen LogP contribution in [-0.2, 0) is 4.79 Å². The lowest BCUT2D eigenvalue weighted by Gasteiger charge is -2.07. The molecule has 24 heavy (non-hydrogen) atoms. The maximum atomic E-state index is 11.9. The first-order valence-electron chi connectivity index (χ1n) is 7.35. The maximum absolute atomic E-state index is 11.9. The molecule has 0 atom stereocenters. The number of hydrogen-bond donors (Lipinski definition) is 3. The second kappa shape index (κ2) is 7.18. The number of aromatic amines is 1. The Morgan fingerprint density at radius 3 is 2.58 bits per heavy atom. The van der Waals surface area contributed by atoms with Crippen LogP contribution in [0.1, 0.15) is 15.9 Å². The topological polar surface area (TPSA) is 86.9 Å². The van der Waals surface area contributed by atoms with Gasteiger partial charge >= 0.3 is 0 Å². The van der Waals surface area contributed by atoms with Crippen LogP contribution in [0.4, 0.5) is 0 Å². The number of benzene rings is 2. The van der Waals surface area contributed by atoms with Crippen molar-refractivity contribution in [2.24, 2.45) is 0 Å². The molecule has 0 bridgehead atoms. The number of imidazole rings is 1. The summed E-state index contributed by atoms with van der Waals surface area (Å²) >= 11 is 1.27. The van der Waals surface area contributed by atoms with Crippen LogP contribution >= 0.6 is 11.8 Å². The molecule has 0 unspecified atom stereocenters. The highest BCUT2D eigenvalue weighted by molar-refractivity contribution is 7.99. The van der Waals surface area contributed by atoms with Crippen molar-refractivity contribution >= 4 is 34.6 Å². The fraction of sp³-hybridized carbons (Fsp3) is 0.118. The van der Waals surface area contributed by atoms with Crippen molar-refractivity contribution in [2.75, 3.05) is 5.75 Å². The summed E-state index contributed by atoms with van der Waals surface area (Å²) in [5.74, 6) is -0.508. The van der Waals surface area contributed by atoms with E-state index in [0.29, 0.717) is 10.7 Å². The molecule has 1 heterocycles. The highest BCUT2D eigenvalue weighted by Gasteiger charge is 2.09. The van der Waals surface area contributed by atoms with Crippen molar-refractivity contribution in [1.29, 1.82) is 0 Å². The fourth-order valence-corrected chi connectivity index (χ4v) is 2.76. The number of nitrogens with one attached hydrogen (secondary N) is 3. The summed E-state index contributed by atoms with van der Waals surface area (Å²) in [6.07, 6.45) is 0. The van der Waals surface area contributed by atoms with Crippen molar-refractivity contribution < 1.29 is 9.59 Å². The van der Waals surface area contributed by atoms with Crippen LogP contribution in [-0.4, -0.2) is 27.5 Å². The van der Waals surface area contributed by atoms with E-state index in [4.69, 9.17) is 0 Å². The molecule has 2 aromatic carbocycles. The molecule has 6 nitrogen and oxygen atoms in total. The summed E-state index contributed by atoms with van der Waals surface area (Å²) in [5, 5.41) is 0.663. The fourth-order valence-electron chi connectivity index (χ4n) is 2.07. The van der Waals surface area contributed by atoms with Crippen LogP contribution in [0.5, 0.6) is 0 Å². The van der Waals surface area contributed by atoms with Crippen LogP contribution in [0.3, 0.4) is 0 Å². The summed E-state index contributed by atoms with van der Waals surface area (Å²) in [7, 11) is 0. The van der Waals surface area contributed by atoms with Gasteiger partial charge in [0.15, 0.2) is 5.16 Å². The Hall–Kier alpha value is -2.80. The van der Waals surface area contributed by atoms with E-state index in [2.05, 4.69) is 20.8 Å². The smallest absolute Gasteiger partial charge is 0.269 e. The van der Waals surface area contributed by atoms with Crippen molar-refractivity contribution in [3.05, 3.63) is 59.7 Å². The molecule has 0 radical (unpaired) electrons. The van der Waals surface area contributed by atoms with E-state index in [0.717, 1.165) is 16.6 Å². The van der Waals surface area contributed by atoms with Crippen molar-refractivity contribution in [1.82, 2.24) is 20.8 Å². The molecule has 0 spiro atoms. The minimum absolute atomic E-state index is 0.147. The monoisotopic (exact) mass is 340 g/mol. The lowest BCUT2D eigenvalue weighted by Crippen LogP contribution is -2.42. The first-order chi connectivity index (χ1) is 11.6. The number of fused-ring (bicyclic) bond motifs is 1. The van der Waals surface area contributed by atoms with Gasteiger partial charge in [0.25, 0.3) is 5.91 Å². The molecule has 0 saturated carbocycles. The normalized spacial score (nSPS) is 10.5. The third kappa shape index (κ3) is 3.94. The van der Waals surface area contributed by atoms with Gasteiger partial charge in [-0.3, -0.25) is 20.4 Å². The van der Waals surface area contributed by atoms with Crippen molar-refractivity contribution in [3.8, 4) is 0 Å². The molecule has 0 saturated heterocycles. The molecule has 7 heteroatoms. The molecule has 0 fully saturated rings. The van der Waals surface area contributed by atoms with Gasteiger partial charge in [-0.25, -0.2) is 4.98 Å². The molecule has 3 aromatic rings. The number of aromatic nitrogens is 2. The van der Waals surface area contributed by atoms with Gasteiger partial charge in [-0.2, -0.15) is 0 Å². The zero-order chi connectivity index (χ0) is 16.9. The van der Waals surface area contributed by atoms with E-state index in [1.54, 1.807) is 12.1 Å². The molecular weight excluding hydrogens is 324 g/mol. The molecule has 122 valence electrons. The summed E-state index contributed by atoms with van der Waals surface area (Å²) < 4.78 is 0. The van der Waals surface area contributed by atoms with Gasteiger partial charge in [-0.1, -0.05) is 41.6 Å². The zero-order valence-electron chi connectivity index (χ0n) is 13.0. The standard InChI is InChI=1S/C17H16N4O2S/c1-11-6-8-12(9-7-11)16(23)21-20-15(22)10-24-17-18-13-4-2-3-5-14(13)19-17/h2-9H,10H2,1H3,(H,18,19)(H,20,22)(H,21,23). The largest absolute Gasteiger partial charge is 0.333 e. The van der Waals surface area contributed by atoms with E-state index in [9.17, 15) is 9.59 Å². The van der Waals surface area contributed by atoms with E-state index >= 15 is 0 Å². The average Bonchev–Trinajstić information content (AvgIpc) is 3.01. The summed E-state index contributed by atoms with van der Waals surface area (Å²) in [6.45, 7) is 1.94. The van der Waals surface area contributed by atoms with Gasteiger partial charge in [-0.15, -0.1) is 0 Å². The van der Waals surface area contributed by atoms with Gasteiger partial charge in [0.2, 0.25) is 5.91 Å². The number of aryl methyl sites for hydroxylation is 1. The van der Waals surface area contributed by atoms with Crippen LogP contribution in [0.25, 0.3) is 11.0 Å². The third-order valence-corrected chi connectivity index (χ3v) is 4.21. The van der Waals surface area contributed by atoms with Crippen LogP contribution in [0.15, 0.2) is 53.7 Å². The molecule has 2 amide bonds. The molecule has 1 aromatic heterocycles. The summed E-state index contributed by atoms with van der Waals surface area (Å²) in [6, 6.07) is 14.8. The lowest BCUT2D eigenvalue weighted by molar-refractivity contribution is -0.119. The number of carbonyl (C=O) groups is 2. The molecule has 0 aliphatic rings. The molecule has 3 rings (SSSR count). The van der Waals surface area contributed by atoms with Crippen molar-refractivity contribution in [3.63, 3.8) is 0 Å². The number of hydrazine groups is 1. The van der Waals surface area contributed by atoms with Gasteiger partial charge in [0, 0.05) is 5.56 Å². The van der Waals surface area contributed by atoms with Crippen LogP contribution in [0, 0.1) is 6.92 Å². The van der Waals surface area contributed by atoms with Gasteiger partial charge in [-0.05, 0) is 31.2 Å². The Labute approximate surface area is 143 Å². The molecular formula is C17H16N4O2S. The Balaban J connectivity index is 1.48. The second-order valence-electron chi connectivity index (χ2n) is 5.22. The number of carbonyl (C=O) groups excluding carboxylic acids is 2. The number of nitrogens with zero attached hydrogens (tertiary/aromatic N) is 1. The number of rotatable bonds is 4. The number of amides is 2. The van der Waals surface area contributed by atoms with E-state index in [-0.39, 0.29) is 17.6 Å². The Bertz CT molecular complexity index is 841. The number of para-hydroxylation sites is 2. The van der Waals surface area contributed by atoms with Crippen molar-refractivity contribution in [2.45, 2.75) is 12.1 Å². The predicted octanol–water partition coefficient (Wildman–Crippen LogP) is 2.42. The van der Waals surface area contributed by atoms with Crippen LogP contribution in [0.2, 0.25) is 0 Å². The maximum Gasteiger partial charge on any atom is 0.269 e. The zero-order valence-corrected chi connectivity index (χ0v) is 13.8. The highest BCUT2D eigenvalue weighted by atomic mass is 32.2. The number of thioether (sulfide) groups is 1. The molecule has 0 aliphatic carbocycles. The molecule has 0 aliphatic heterocycles. The predicted molar refractivity (Wildman–Crippen MR) is 93.6 cm³/mol. The highest BCUT2D eigenvalue weighted by Crippen LogP contribution is 2.18. The Morgan fingerprint density at radius 1 is 1.08 bits per heavy atom. The third-order valence-electron chi connectivity index (χ3n) is 3.34. The van der Waals surface area contributed by atoms with Gasteiger partial charge in [0.1, 0.15) is 0 Å². The summed E-state index contributed by atoms with van der Waals surface area (Å²) in [4.78, 5) is 31.2. The Morgan fingerprint density at radius 2 is 1.83 bits per heavy atom. The average molecular weight is 340 g/mol. The Kier molecular flexibility index (Phi) is 4.81.